The Bertz CT molecular complexity index is 556. The zero-order valence-corrected chi connectivity index (χ0v) is 12.9. The van der Waals surface area contributed by atoms with Crippen LogP contribution in [0.3, 0.4) is 0 Å². The molecule has 2 heterocycles. The van der Waals surface area contributed by atoms with E-state index in [2.05, 4.69) is 6.20 Å². The number of aromatic amines is 1. The van der Waals surface area contributed by atoms with Crippen molar-refractivity contribution in [1.29, 1.82) is 0 Å². The topological polar surface area (TPSA) is 125 Å². The van der Waals surface area contributed by atoms with E-state index in [1.54, 1.807) is 0 Å². The average molecular weight is 346 g/mol. The van der Waals surface area contributed by atoms with Gasteiger partial charge in [0, 0.05) is 32.7 Å². The van der Waals surface area contributed by atoms with Gasteiger partial charge in [0.1, 0.15) is 30.1 Å². The minimum absolute atomic E-state index is 0. The smallest absolute Gasteiger partial charge is 0.214 e. The number of aliphatic hydroxyl groups excluding tert-OH is 3. The van der Waals surface area contributed by atoms with Crippen molar-refractivity contribution < 1.29 is 52.8 Å². The number of hydrogen-bond donors (Lipinski definition) is 4. The quantitative estimate of drug-likeness (QED) is 0.431. The van der Waals surface area contributed by atoms with Crippen LogP contribution in [-0.4, -0.2) is 49.8 Å². The third-order valence-corrected chi connectivity index (χ3v) is 2.84. The first-order valence-electron chi connectivity index (χ1n) is 5.33. The molecule has 0 saturated carbocycles. The number of ether oxygens (including phenoxy) is 1. The first kappa shape index (κ1) is 16.7. The van der Waals surface area contributed by atoms with E-state index < -0.39 is 42.4 Å². The SMILES string of the molecule is Cc1[c-]n([C@@H]2O[C@H](CO)[C@@H](O)[C@H]2O)c(=O)[nH]c1=O.[Y]. The summed E-state index contributed by atoms with van der Waals surface area (Å²) in [6.45, 7) is 0.946. The molecule has 103 valence electrons. The van der Waals surface area contributed by atoms with Crippen LogP contribution in [0.2, 0.25) is 0 Å². The van der Waals surface area contributed by atoms with Crippen molar-refractivity contribution in [3.63, 3.8) is 0 Å². The van der Waals surface area contributed by atoms with Gasteiger partial charge in [0.2, 0.25) is 5.69 Å². The number of H-pyrrole nitrogens is 1. The van der Waals surface area contributed by atoms with Crippen LogP contribution in [0, 0.1) is 13.1 Å². The van der Waals surface area contributed by atoms with Gasteiger partial charge in [-0.05, 0) is 0 Å². The fourth-order valence-corrected chi connectivity index (χ4v) is 1.81. The molecule has 1 aromatic rings. The fourth-order valence-electron chi connectivity index (χ4n) is 1.81. The third kappa shape index (κ3) is 3.04. The van der Waals surface area contributed by atoms with Gasteiger partial charge in [-0.2, -0.15) is 0 Å². The minimum Gasteiger partial charge on any atom is -0.394 e. The number of nitrogens with zero attached hydrogens (tertiary/aromatic N) is 1. The summed E-state index contributed by atoms with van der Waals surface area (Å²) >= 11 is 0. The molecule has 4 atom stereocenters. The predicted molar refractivity (Wildman–Crippen MR) is 57.9 cm³/mol. The van der Waals surface area contributed by atoms with Crippen LogP contribution < -0.4 is 11.2 Å². The van der Waals surface area contributed by atoms with Gasteiger partial charge in [0.15, 0.2) is 0 Å². The van der Waals surface area contributed by atoms with Crippen molar-refractivity contribution >= 4 is 0 Å². The molecule has 9 heteroatoms. The Hall–Kier alpha value is -0.376. The molecule has 4 N–H and O–H groups in total. The summed E-state index contributed by atoms with van der Waals surface area (Å²) in [5.41, 5.74) is -1.24. The Kier molecular flexibility index (Phi) is 5.60. The Balaban J connectivity index is 0.00000180. The minimum atomic E-state index is -1.39. The van der Waals surface area contributed by atoms with Crippen LogP contribution in [0.1, 0.15) is 11.8 Å². The molecule has 19 heavy (non-hydrogen) atoms. The molecule has 0 spiro atoms. The van der Waals surface area contributed by atoms with E-state index in [9.17, 15) is 19.8 Å². The summed E-state index contributed by atoms with van der Waals surface area (Å²) in [7, 11) is 0. The number of aromatic nitrogens is 2. The van der Waals surface area contributed by atoms with Crippen LogP contribution in [0.5, 0.6) is 0 Å². The molecular weight excluding hydrogens is 333 g/mol. The molecule has 0 bridgehead atoms. The molecule has 0 amide bonds. The van der Waals surface area contributed by atoms with E-state index in [0.717, 1.165) is 4.57 Å². The molecule has 2 rings (SSSR count). The van der Waals surface area contributed by atoms with Gasteiger partial charge in [0.25, 0.3) is 0 Å². The number of nitrogens with one attached hydrogen (secondary N) is 1. The zero-order chi connectivity index (χ0) is 13.4. The third-order valence-electron chi connectivity index (χ3n) is 2.84. The van der Waals surface area contributed by atoms with Crippen molar-refractivity contribution in [1.82, 2.24) is 9.55 Å². The van der Waals surface area contributed by atoms with Gasteiger partial charge in [-0.1, -0.05) is 18.7 Å². The molecule has 0 unspecified atom stereocenters. The van der Waals surface area contributed by atoms with Crippen LogP contribution in [0.25, 0.3) is 0 Å². The second-order valence-electron chi connectivity index (χ2n) is 4.09. The van der Waals surface area contributed by atoms with Crippen molar-refractivity contribution in [2.75, 3.05) is 6.61 Å². The van der Waals surface area contributed by atoms with Crippen molar-refractivity contribution in [2.45, 2.75) is 31.5 Å². The summed E-state index contributed by atoms with van der Waals surface area (Å²) in [6.07, 6.45) is -2.42. The van der Waals surface area contributed by atoms with Gasteiger partial charge in [0.05, 0.1) is 6.61 Å². The second kappa shape index (κ2) is 6.38. The molecule has 1 aliphatic heterocycles. The van der Waals surface area contributed by atoms with E-state index in [1.807, 2.05) is 4.98 Å². The van der Waals surface area contributed by atoms with E-state index in [-0.39, 0.29) is 38.3 Å². The predicted octanol–water partition coefficient (Wildman–Crippen LogP) is -2.75. The monoisotopic (exact) mass is 346 g/mol. The van der Waals surface area contributed by atoms with E-state index >= 15 is 0 Å². The van der Waals surface area contributed by atoms with Gasteiger partial charge in [-0.3, -0.25) is 0 Å². The molecule has 1 saturated heterocycles. The first-order chi connectivity index (χ1) is 8.45. The average Bonchev–Trinajstić information content (AvgIpc) is 2.61. The summed E-state index contributed by atoms with van der Waals surface area (Å²) in [5, 5.41) is 28.2. The number of hydrogen-bond acceptors (Lipinski definition) is 6. The molecular formula is C10H13N2O6Y-. The van der Waals surface area contributed by atoms with Crippen molar-refractivity contribution in [3.05, 3.63) is 32.6 Å². The van der Waals surface area contributed by atoms with Gasteiger partial charge >= 0.3 is 0 Å². The molecule has 8 nitrogen and oxygen atoms in total. The van der Waals surface area contributed by atoms with Gasteiger partial charge < -0.3 is 39.2 Å². The molecule has 0 aromatic carbocycles. The maximum atomic E-state index is 11.6. The number of aliphatic hydroxyl groups is 3. The first-order valence-corrected chi connectivity index (χ1v) is 5.33. The number of aryl methyl sites for hydroxylation is 1. The van der Waals surface area contributed by atoms with Gasteiger partial charge in [-0.15, -0.1) is 0 Å². The normalized spacial score (nSPS) is 30.1. The van der Waals surface area contributed by atoms with Crippen LogP contribution in [0.4, 0.5) is 0 Å². The maximum absolute atomic E-state index is 11.6. The Labute approximate surface area is 132 Å². The van der Waals surface area contributed by atoms with Crippen LogP contribution >= 0.6 is 0 Å². The van der Waals surface area contributed by atoms with Crippen LogP contribution in [-0.2, 0) is 37.4 Å². The van der Waals surface area contributed by atoms with E-state index in [0.29, 0.717) is 0 Å². The Morgan fingerprint density at radius 3 is 2.53 bits per heavy atom. The van der Waals surface area contributed by atoms with E-state index in [4.69, 9.17) is 9.84 Å². The Morgan fingerprint density at radius 1 is 1.37 bits per heavy atom. The van der Waals surface area contributed by atoms with Crippen molar-refractivity contribution in [3.8, 4) is 0 Å². The number of rotatable bonds is 2. The molecule has 0 aliphatic carbocycles. The molecule has 1 aromatic heterocycles. The standard InChI is InChI=1S/C10H13N2O6.Y/c1-4-2-12(10(17)11-8(4)16)9-7(15)6(14)5(3-13)18-9;/h5-7,9,13-15H,3H2,1H3,(H,11,16,17);/q-1;/t5-,6-,7-,9-;/m1./s1. The van der Waals surface area contributed by atoms with Crippen molar-refractivity contribution in [2.24, 2.45) is 0 Å². The molecule has 1 aliphatic rings. The Morgan fingerprint density at radius 2 is 2.00 bits per heavy atom. The molecule has 1 radical (unpaired) electrons. The fraction of sp³-hybridized carbons (Fsp3) is 0.600. The van der Waals surface area contributed by atoms with E-state index in [1.165, 1.54) is 6.92 Å². The zero-order valence-electron chi connectivity index (χ0n) is 10.1. The maximum Gasteiger partial charge on any atom is 0.214 e. The summed E-state index contributed by atoms with van der Waals surface area (Å²) in [6, 6.07) is 0. The largest absolute Gasteiger partial charge is 0.394 e. The summed E-state index contributed by atoms with van der Waals surface area (Å²) in [4.78, 5) is 24.8. The van der Waals surface area contributed by atoms with Crippen LogP contribution in [0.15, 0.2) is 9.59 Å². The van der Waals surface area contributed by atoms with Gasteiger partial charge in [-0.25, -0.2) is 0 Å². The summed E-state index contributed by atoms with van der Waals surface area (Å²) in [5.74, 6) is 0. The second-order valence-corrected chi connectivity index (χ2v) is 4.09. The summed E-state index contributed by atoms with van der Waals surface area (Å²) < 4.78 is 6.02. The molecule has 1 fully saturated rings.